The number of nitrogens with zero attached hydrogens (tertiary/aromatic N) is 2. The number of methoxy groups -OCH3 is 1. The van der Waals surface area contributed by atoms with Crippen LogP contribution in [0.4, 0.5) is 17.5 Å². The van der Waals surface area contributed by atoms with E-state index in [2.05, 4.69) is 25.9 Å². The number of ether oxygens (including phenoxy) is 1. The van der Waals surface area contributed by atoms with Crippen LogP contribution in [-0.2, 0) is 4.79 Å². The van der Waals surface area contributed by atoms with E-state index in [4.69, 9.17) is 4.74 Å². The van der Waals surface area contributed by atoms with Crippen LogP contribution in [-0.4, -0.2) is 36.1 Å². The third-order valence-corrected chi connectivity index (χ3v) is 3.59. The molecule has 1 aromatic carbocycles. The van der Waals surface area contributed by atoms with Gasteiger partial charge >= 0.3 is 0 Å². The summed E-state index contributed by atoms with van der Waals surface area (Å²) in [4.78, 5) is 20.7. The summed E-state index contributed by atoms with van der Waals surface area (Å²) in [7, 11) is 1.64. The predicted molar refractivity (Wildman–Crippen MR) is 104 cm³/mol. The Kier molecular flexibility index (Phi) is 6.38. The molecule has 3 N–H and O–H groups in total. The van der Waals surface area contributed by atoms with Gasteiger partial charge in [0.1, 0.15) is 11.6 Å². The van der Waals surface area contributed by atoms with Crippen molar-refractivity contribution < 1.29 is 9.53 Å². The fourth-order valence-electron chi connectivity index (χ4n) is 2.15. The van der Waals surface area contributed by atoms with Crippen LogP contribution >= 0.6 is 0 Å². The highest BCUT2D eigenvalue weighted by Gasteiger charge is 2.20. The van der Waals surface area contributed by atoms with Gasteiger partial charge in [-0.1, -0.05) is 20.8 Å². The third-order valence-electron chi connectivity index (χ3n) is 3.59. The van der Waals surface area contributed by atoms with Gasteiger partial charge in [-0.25, -0.2) is 4.98 Å². The predicted octanol–water partition coefficient (Wildman–Crippen LogP) is 3.11. The normalized spacial score (nSPS) is 11.0. The quantitative estimate of drug-likeness (QED) is 0.660. The van der Waals surface area contributed by atoms with Gasteiger partial charge in [0.05, 0.1) is 7.11 Å². The van der Waals surface area contributed by atoms with Crippen LogP contribution in [0.25, 0.3) is 0 Å². The molecule has 0 aliphatic heterocycles. The van der Waals surface area contributed by atoms with Gasteiger partial charge in [-0.05, 0) is 31.2 Å². The number of nitrogens with one attached hydrogen (secondary N) is 3. The largest absolute Gasteiger partial charge is 0.497 e. The minimum Gasteiger partial charge on any atom is -0.497 e. The van der Waals surface area contributed by atoms with E-state index in [1.54, 1.807) is 7.11 Å². The third kappa shape index (κ3) is 5.91. The molecule has 0 aliphatic rings. The van der Waals surface area contributed by atoms with Crippen molar-refractivity contribution in [3.63, 3.8) is 0 Å². The van der Waals surface area contributed by atoms with Crippen LogP contribution in [0.5, 0.6) is 5.75 Å². The minimum atomic E-state index is -0.394. The molecule has 7 heteroatoms. The number of aryl methyl sites for hydroxylation is 1. The molecule has 0 saturated carbocycles. The number of carbonyl (C=O) groups is 1. The highest BCUT2D eigenvalue weighted by Crippen LogP contribution is 2.20. The highest BCUT2D eigenvalue weighted by atomic mass is 16.5. The molecule has 2 aromatic rings. The zero-order chi connectivity index (χ0) is 19.2. The molecule has 7 nitrogen and oxygen atoms in total. The fourth-order valence-corrected chi connectivity index (χ4v) is 2.15. The van der Waals surface area contributed by atoms with Gasteiger partial charge in [0, 0.05) is 36.0 Å². The van der Waals surface area contributed by atoms with E-state index >= 15 is 0 Å². The van der Waals surface area contributed by atoms with E-state index in [9.17, 15) is 4.79 Å². The second-order valence-electron chi connectivity index (χ2n) is 7.00. The molecule has 0 spiro atoms. The number of carbonyl (C=O) groups excluding carboxylic acids is 1. The number of hydrogen-bond acceptors (Lipinski definition) is 6. The summed E-state index contributed by atoms with van der Waals surface area (Å²) in [6.07, 6.45) is 0. The number of aromatic nitrogens is 2. The molecular weight excluding hydrogens is 330 g/mol. The number of benzene rings is 1. The Morgan fingerprint density at radius 3 is 2.42 bits per heavy atom. The zero-order valence-corrected chi connectivity index (χ0v) is 16.0. The Balaban J connectivity index is 1.93. The molecular formula is C19H27N5O2. The minimum absolute atomic E-state index is 0.0197. The summed E-state index contributed by atoms with van der Waals surface area (Å²) in [5, 5.41) is 9.28. The van der Waals surface area contributed by atoms with E-state index in [0.717, 1.165) is 17.1 Å². The SMILES string of the molecule is COc1ccc(Nc2cc(C)nc(NCCNC(=O)C(C)(C)C)n2)cc1. The first-order valence-corrected chi connectivity index (χ1v) is 8.57. The fraction of sp³-hybridized carbons (Fsp3) is 0.421. The molecule has 1 aromatic heterocycles. The average Bonchev–Trinajstić information content (AvgIpc) is 2.58. The molecule has 140 valence electrons. The van der Waals surface area contributed by atoms with E-state index in [-0.39, 0.29) is 5.91 Å². The Labute approximate surface area is 154 Å². The molecule has 0 aliphatic carbocycles. The molecule has 1 amide bonds. The zero-order valence-electron chi connectivity index (χ0n) is 16.0. The lowest BCUT2D eigenvalue weighted by Gasteiger charge is -2.17. The van der Waals surface area contributed by atoms with Crippen LogP contribution < -0.4 is 20.7 Å². The average molecular weight is 357 g/mol. The summed E-state index contributed by atoms with van der Waals surface area (Å²) >= 11 is 0. The molecule has 0 unspecified atom stereocenters. The Bertz CT molecular complexity index is 739. The molecule has 26 heavy (non-hydrogen) atoms. The summed E-state index contributed by atoms with van der Waals surface area (Å²) in [6, 6.07) is 9.48. The van der Waals surface area contributed by atoms with E-state index in [0.29, 0.717) is 24.9 Å². The molecule has 0 bridgehead atoms. The first-order valence-electron chi connectivity index (χ1n) is 8.57. The molecule has 0 saturated heterocycles. The first-order chi connectivity index (χ1) is 12.3. The van der Waals surface area contributed by atoms with Crippen LogP contribution in [0, 0.1) is 12.3 Å². The molecule has 1 heterocycles. The highest BCUT2D eigenvalue weighted by molar-refractivity contribution is 5.81. The number of amides is 1. The van der Waals surface area contributed by atoms with Gasteiger partial charge in [-0.2, -0.15) is 4.98 Å². The number of hydrogen-bond donors (Lipinski definition) is 3. The van der Waals surface area contributed by atoms with Crippen molar-refractivity contribution in [3.8, 4) is 5.75 Å². The standard InChI is InChI=1S/C19H27N5O2/c1-13-12-16(23-14-6-8-15(26-5)9-7-14)24-18(22-13)21-11-10-20-17(25)19(2,3)4/h6-9,12H,10-11H2,1-5H3,(H,20,25)(H2,21,22,23,24). The summed E-state index contributed by atoms with van der Waals surface area (Å²) < 4.78 is 5.16. The lowest BCUT2D eigenvalue weighted by molar-refractivity contribution is -0.128. The Morgan fingerprint density at radius 1 is 1.12 bits per heavy atom. The van der Waals surface area contributed by atoms with Crippen LogP contribution in [0.3, 0.4) is 0 Å². The maximum Gasteiger partial charge on any atom is 0.225 e. The smallest absolute Gasteiger partial charge is 0.225 e. The van der Waals surface area contributed by atoms with E-state index in [1.165, 1.54) is 0 Å². The van der Waals surface area contributed by atoms with Crippen molar-refractivity contribution in [2.75, 3.05) is 30.8 Å². The van der Waals surface area contributed by atoms with Crippen molar-refractivity contribution in [3.05, 3.63) is 36.0 Å². The summed E-state index contributed by atoms with van der Waals surface area (Å²) in [5.74, 6) is 2.04. The van der Waals surface area contributed by atoms with E-state index in [1.807, 2.05) is 58.0 Å². The van der Waals surface area contributed by atoms with Crippen molar-refractivity contribution >= 4 is 23.4 Å². The molecule has 0 fully saturated rings. The molecule has 0 radical (unpaired) electrons. The molecule has 2 rings (SSSR count). The van der Waals surface area contributed by atoms with E-state index < -0.39 is 5.41 Å². The van der Waals surface area contributed by atoms with Gasteiger partial charge in [0.2, 0.25) is 11.9 Å². The first kappa shape index (κ1) is 19.5. The van der Waals surface area contributed by atoms with Crippen LogP contribution in [0.1, 0.15) is 26.5 Å². The van der Waals surface area contributed by atoms with Crippen LogP contribution in [0.15, 0.2) is 30.3 Å². The topological polar surface area (TPSA) is 88.2 Å². The lowest BCUT2D eigenvalue weighted by Crippen LogP contribution is -2.37. The van der Waals surface area contributed by atoms with Crippen molar-refractivity contribution in [2.45, 2.75) is 27.7 Å². The van der Waals surface area contributed by atoms with Gasteiger partial charge in [0.15, 0.2) is 0 Å². The van der Waals surface area contributed by atoms with Crippen molar-refractivity contribution in [1.82, 2.24) is 15.3 Å². The van der Waals surface area contributed by atoms with Gasteiger partial charge < -0.3 is 20.7 Å². The number of anilines is 3. The second kappa shape index (κ2) is 8.51. The Morgan fingerprint density at radius 2 is 1.81 bits per heavy atom. The molecule has 0 atom stereocenters. The van der Waals surface area contributed by atoms with Crippen molar-refractivity contribution in [1.29, 1.82) is 0 Å². The van der Waals surface area contributed by atoms with Crippen LogP contribution in [0.2, 0.25) is 0 Å². The summed E-state index contributed by atoms with van der Waals surface area (Å²) in [6.45, 7) is 8.62. The van der Waals surface area contributed by atoms with Gasteiger partial charge in [-0.3, -0.25) is 4.79 Å². The lowest BCUT2D eigenvalue weighted by atomic mass is 9.96. The van der Waals surface area contributed by atoms with Gasteiger partial charge in [-0.15, -0.1) is 0 Å². The maximum atomic E-state index is 11.8. The maximum absolute atomic E-state index is 11.8. The van der Waals surface area contributed by atoms with Crippen molar-refractivity contribution in [2.24, 2.45) is 5.41 Å². The summed E-state index contributed by atoms with van der Waals surface area (Å²) in [5.41, 5.74) is 1.36. The number of rotatable bonds is 7. The Hall–Kier alpha value is -2.83. The van der Waals surface area contributed by atoms with Gasteiger partial charge in [0.25, 0.3) is 0 Å². The monoisotopic (exact) mass is 357 g/mol. The second-order valence-corrected chi connectivity index (χ2v) is 7.00.